The number of imidazole rings is 1. The summed E-state index contributed by atoms with van der Waals surface area (Å²) in [7, 11) is -4.08. The Morgan fingerprint density at radius 3 is 2.79 bits per heavy atom. The van der Waals surface area contributed by atoms with Gasteiger partial charge in [0.2, 0.25) is 11.8 Å². The first kappa shape index (κ1) is 28.2. The molecule has 0 aromatic carbocycles. The van der Waals surface area contributed by atoms with Crippen LogP contribution < -0.4 is 10.5 Å². The number of carbonyl (C=O) groups excluding carboxylic acids is 2. The average Bonchev–Trinajstić information content (AvgIpc) is 3.34. The third-order valence-electron chi connectivity index (χ3n) is 5.78. The van der Waals surface area contributed by atoms with Gasteiger partial charge in [0, 0.05) is 13.3 Å². The number of hydrogen-bond donors (Lipinski definition) is 1. The lowest BCUT2D eigenvalue weighted by atomic mass is 9.96. The number of ether oxygens (including phenoxy) is 4. The Kier molecular flexibility index (Phi) is 8.23. The second kappa shape index (κ2) is 11.1. The highest BCUT2D eigenvalue weighted by atomic mass is 31.2. The Labute approximate surface area is 218 Å². The Hall–Kier alpha value is -2.84. The summed E-state index contributed by atoms with van der Waals surface area (Å²) in [5.41, 5.74) is 4.99. The van der Waals surface area contributed by atoms with Crippen LogP contribution in [-0.4, -0.2) is 75.2 Å². The molecule has 0 unspecified atom stereocenters. The number of phosphoric ester groups is 1. The van der Waals surface area contributed by atoms with E-state index in [0.717, 1.165) is 0 Å². The van der Waals surface area contributed by atoms with Crippen molar-refractivity contribution in [2.75, 3.05) is 25.6 Å². The largest absolute Gasteiger partial charge is 0.476 e. The summed E-state index contributed by atoms with van der Waals surface area (Å²) in [6, 6.07) is 0. The Morgan fingerprint density at radius 1 is 1.34 bits per heavy atom. The molecule has 0 spiro atoms. The predicted molar refractivity (Wildman–Crippen MR) is 130 cm³/mol. The SMILES string of the molecule is CCOc1nc(N)nc2c1ncn2[C@@H]1O[C@@H]2CO[P@](=O)(OCCCC(=O)OC(C)C)O[C@H]2[C@@]1(C)OC(C)=O. The van der Waals surface area contributed by atoms with E-state index in [1.807, 2.05) is 0 Å². The molecule has 0 radical (unpaired) electrons. The van der Waals surface area contributed by atoms with Crippen LogP contribution >= 0.6 is 7.82 Å². The second-order valence-corrected chi connectivity index (χ2v) is 10.8. The summed E-state index contributed by atoms with van der Waals surface area (Å²) in [5, 5.41) is 0. The summed E-state index contributed by atoms with van der Waals surface area (Å²) in [6.45, 7) is 8.18. The van der Waals surface area contributed by atoms with Crippen molar-refractivity contribution in [3.8, 4) is 5.88 Å². The molecule has 15 nitrogen and oxygen atoms in total. The molecule has 4 heterocycles. The van der Waals surface area contributed by atoms with Crippen molar-refractivity contribution in [2.45, 2.75) is 77.6 Å². The number of nitrogens with two attached hydrogens (primary N) is 1. The van der Waals surface area contributed by atoms with Crippen LogP contribution in [0.15, 0.2) is 6.33 Å². The first-order valence-electron chi connectivity index (χ1n) is 12.2. The van der Waals surface area contributed by atoms with Crippen LogP contribution in [0.25, 0.3) is 11.2 Å². The van der Waals surface area contributed by atoms with Gasteiger partial charge in [-0.25, -0.2) is 9.55 Å². The lowest BCUT2D eigenvalue weighted by molar-refractivity contribution is -0.175. The number of carbonyl (C=O) groups is 2. The zero-order chi connectivity index (χ0) is 27.7. The molecule has 16 heteroatoms. The minimum atomic E-state index is -4.08. The molecule has 5 atom stereocenters. The van der Waals surface area contributed by atoms with Crippen molar-refractivity contribution in [1.82, 2.24) is 19.5 Å². The molecule has 0 bridgehead atoms. The van der Waals surface area contributed by atoms with E-state index in [0.29, 0.717) is 12.1 Å². The normalized spacial score (nSPS) is 28.8. The third-order valence-corrected chi connectivity index (χ3v) is 7.23. The number of phosphoric acid groups is 1. The van der Waals surface area contributed by atoms with Gasteiger partial charge in [-0.2, -0.15) is 9.97 Å². The van der Waals surface area contributed by atoms with E-state index >= 15 is 0 Å². The quantitative estimate of drug-likeness (QED) is 0.255. The molecule has 0 saturated carbocycles. The van der Waals surface area contributed by atoms with Crippen molar-refractivity contribution in [2.24, 2.45) is 0 Å². The number of anilines is 1. The predicted octanol–water partition coefficient (Wildman–Crippen LogP) is 2.30. The smallest absolute Gasteiger partial charge is 0.475 e. The van der Waals surface area contributed by atoms with Crippen LogP contribution in [0.3, 0.4) is 0 Å². The van der Waals surface area contributed by atoms with Gasteiger partial charge in [-0.1, -0.05) is 0 Å². The summed E-state index contributed by atoms with van der Waals surface area (Å²) < 4.78 is 53.9. The fourth-order valence-electron chi connectivity index (χ4n) is 4.37. The Morgan fingerprint density at radius 2 is 2.11 bits per heavy atom. The van der Waals surface area contributed by atoms with Gasteiger partial charge in [-0.05, 0) is 34.1 Å². The van der Waals surface area contributed by atoms with Crippen molar-refractivity contribution >= 4 is 36.9 Å². The standard InChI is InChI=1S/C22H32N5O10P/c1-6-31-19-16-18(25-21(23)26-19)27(11-24-16)20-22(5,36-13(4)28)17-14(35-20)10-33-38(30,37-17)32-9-7-8-15(29)34-12(2)3/h11-12,14,17,20H,6-10H2,1-5H3,(H2,23,25,26)/t14-,17-,20-,22-,38+/m1/s1. The van der Waals surface area contributed by atoms with Crippen LogP contribution in [0.5, 0.6) is 5.88 Å². The molecule has 0 aliphatic carbocycles. The molecule has 210 valence electrons. The molecule has 2 aliphatic rings. The molecule has 0 amide bonds. The highest BCUT2D eigenvalue weighted by Gasteiger charge is 2.63. The average molecular weight is 557 g/mol. The van der Waals surface area contributed by atoms with E-state index in [9.17, 15) is 14.2 Å². The summed E-state index contributed by atoms with van der Waals surface area (Å²) in [6.07, 6.45) is -1.33. The van der Waals surface area contributed by atoms with E-state index in [1.54, 1.807) is 27.7 Å². The van der Waals surface area contributed by atoms with Crippen molar-refractivity contribution < 1.29 is 46.7 Å². The number of rotatable bonds is 10. The van der Waals surface area contributed by atoms with Crippen LogP contribution in [0, 0.1) is 0 Å². The lowest BCUT2D eigenvalue weighted by Gasteiger charge is -2.37. The van der Waals surface area contributed by atoms with E-state index in [4.69, 9.17) is 38.3 Å². The first-order valence-corrected chi connectivity index (χ1v) is 13.7. The summed E-state index contributed by atoms with van der Waals surface area (Å²) in [5.74, 6) is -0.883. The molecule has 2 aromatic heterocycles. The van der Waals surface area contributed by atoms with Crippen molar-refractivity contribution in [3.05, 3.63) is 6.33 Å². The maximum atomic E-state index is 13.3. The maximum absolute atomic E-state index is 13.3. The minimum absolute atomic E-state index is 0.0536. The van der Waals surface area contributed by atoms with E-state index in [1.165, 1.54) is 17.8 Å². The zero-order valence-electron chi connectivity index (χ0n) is 21.8. The minimum Gasteiger partial charge on any atom is -0.476 e. The molecule has 4 rings (SSSR count). The van der Waals surface area contributed by atoms with Gasteiger partial charge in [0.1, 0.15) is 12.2 Å². The molecule has 2 aliphatic heterocycles. The fourth-order valence-corrected chi connectivity index (χ4v) is 5.87. The third kappa shape index (κ3) is 5.76. The van der Waals surface area contributed by atoms with Crippen LogP contribution in [0.1, 0.15) is 53.7 Å². The van der Waals surface area contributed by atoms with Gasteiger partial charge >= 0.3 is 19.8 Å². The van der Waals surface area contributed by atoms with Gasteiger partial charge in [0.25, 0.3) is 0 Å². The van der Waals surface area contributed by atoms with Crippen LogP contribution in [0.4, 0.5) is 5.95 Å². The van der Waals surface area contributed by atoms with Crippen molar-refractivity contribution in [1.29, 1.82) is 0 Å². The number of hydrogen-bond acceptors (Lipinski definition) is 14. The number of aromatic nitrogens is 4. The first-order chi connectivity index (χ1) is 18.0. The highest BCUT2D eigenvalue weighted by molar-refractivity contribution is 7.48. The number of esters is 2. The summed E-state index contributed by atoms with van der Waals surface area (Å²) >= 11 is 0. The summed E-state index contributed by atoms with van der Waals surface area (Å²) in [4.78, 5) is 36.6. The number of nitrogen functional groups attached to an aromatic ring is 1. The van der Waals surface area contributed by atoms with E-state index in [-0.39, 0.29) is 49.6 Å². The number of fused-ring (bicyclic) bond motifs is 2. The van der Waals surface area contributed by atoms with Crippen LogP contribution in [0.2, 0.25) is 0 Å². The maximum Gasteiger partial charge on any atom is 0.475 e. The molecule has 2 fully saturated rings. The molecular weight excluding hydrogens is 525 g/mol. The fraction of sp³-hybridized carbons (Fsp3) is 0.682. The molecule has 2 saturated heterocycles. The Bertz CT molecular complexity index is 1240. The zero-order valence-corrected chi connectivity index (χ0v) is 22.7. The molecule has 38 heavy (non-hydrogen) atoms. The topological polar surface area (TPSA) is 185 Å². The van der Waals surface area contributed by atoms with Gasteiger partial charge in [0.05, 0.1) is 32.3 Å². The van der Waals surface area contributed by atoms with Gasteiger partial charge in [-0.15, -0.1) is 0 Å². The molecule has 2 aromatic rings. The highest BCUT2D eigenvalue weighted by Crippen LogP contribution is 2.59. The molecule has 2 N–H and O–H groups in total. The Balaban J connectivity index is 1.56. The monoisotopic (exact) mass is 557 g/mol. The van der Waals surface area contributed by atoms with Gasteiger partial charge in [0.15, 0.2) is 23.0 Å². The van der Waals surface area contributed by atoms with E-state index in [2.05, 4.69) is 15.0 Å². The lowest BCUT2D eigenvalue weighted by Crippen LogP contribution is -2.50. The van der Waals surface area contributed by atoms with Crippen molar-refractivity contribution in [3.63, 3.8) is 0 Å². The number of nitrogens with zero attached hydrogens (tertiary/aromatic N) is 4. The van der Waals surface area contributed by atoms with E-state index < -0.39 is 43.8 Å². The van der Waals surface area contributed by atoms with Gasteiger partial charge < -0.3 is 24.7 Å². The van der Waals surface area contributed by atoms with Crippen LogP contribution in [-0.2, 0) is 41.9 Å². The van der Waals surface area contributed by atoms with Gasteiger partial charge in [-0.3, -0.25) is 27.7 Å². The second-order valence-electron chi connectivity index (χ2n) is 9.19. The molecular formula is C22H32N5O10P.